The number of fused-ring (bicyclic) bond motifs is 1. The van der Waals surface area contributed by atoms with Crippen LogP contribution in [0, 0.1) is 0 Å². The Morgan fingerprint density at radius 3 is 2.38 bits per heavy atom. The predicted octanol–water partition coefficient (Wildman–Crippen LogP) is 3.37. The Labute approximate surface area is 144 Å². The monoisotopic (exact) mass is 322 g/mol. The Morgan fingerprint density at radius 2 is 1.58 bits per heavy atom. The molecule has 3 nitrogen and oxygen atoms in total. The number of benzene rings is 2. The van der Waals surface area contributed by atoms with Crippen molar-refractivity contribution in [2.45, 2.75) is 25.3 Å². The molecule has 1 fully saturated rings. The molecule has 4 rings (SSSR count). The van der Waals surface area contributed by atoms with Crippen LogP contribution < -0.4 is 9.64 Å². The average Bonchev–Trinajstić information content (AvgIpc) is 2.67. The SMILES string of the molecule is COc1ccccc1N1CCN(C2CCc3ccccc3C2)CC1. The fourth-order valence-corrected chi connectivity index (χ4v) is 4.21. The first-order valence-electron chi connectivity index (χ1n) is 9.04. The minimum atomic E-state index is 0.708. The molecule has 0 amide bonds. The second-order valence-corrected chi connectivity index (χ2v) is 6.86. The van der Waals surface area contributed by atoms with E-state index in [9.17, 15) is 0 Å². The molecule has 2 aliphatic rings. The number of hydrogen-bond donors (Lipinski definition) is 0. The molecule has 0 saturated carbocycles. The summed E-state index contributed by atoms with van der Waals surface area (Å²) in [5.41, 5.74) is 4.34. The lowest BCUT2D eigenvalue weighted by Crippen LogP contribution is -2.51. The van der Waals surface area contributed by atoms with Crippen molar-refractivity contribution in [1.29, 1.82) is 0 Å². The molecule has 1 atom stereocenters. The molecular weight excluding hydrogens is 296 g/mol. The van der Waals surface area contributed by atoms with E-state index in [2.05, 4.69) is 52.3 Å². The van der Waals surface area contributed by atoms with Gasteiger partial charge in [0.25, 0.3) is 0 Å². The van der Waals surface area contributed by atoms with Gasteiger partial charge in [0.2, 0.25) is 0 Å². The van der Waals surface area contributed by atoms with Crippen LogP contribution in [-0.4, -0.2) is 44.2 Å². The smallest absolute Gasteiger partial charge is 0.142 e. The molecule has 0 bridgehead atoms. The summed E-state index contributed by atoms with van der Waals surface area (Å²) in [6, 6.07) is 18.0. The van der Waals surface area contributed by atoms with Crippen molar-refractivity contribution < 1.29 is 4.74 Å². The normalized spacial score (nSPS) is 21.4. The molecule has 126 valence electrons. The fourth-order valence-electron chi connectivity index (χ4n) is 4.21. The van der Waals surface area contributed by atoms with E-state index in [4.69, 9.17) is 4.74 Å². The molecule has 0 aromatic heterocycles. The maximum Gasteiger partial charge on any atom is 0.142 e. The third-order valence-electron chi connectivity index (χ3n) is 5.58. The molecule has 1 aliphatic heterocycles. The van der Waals surface area contributed by atoms with E-state index in [-0.39, 0.29) is 0 Å². The van der Waals surface area contributed by atoms with E-state index in [0.29, 0.717) is 6.04 Å². The zero-order valence-electron chi connectivity index (χ0n) is 14.4. The highest BCUT2D eigenvalue weighted by atomic mass is 16.5. The molecule has 1 heterocycles. The number of ether oxygens (including phenoxy) is 1. The average molecular weight is 322 g/mol. The van der Waals surface area contributed by atoms with E-state index < -0.39 is 0 Å². The van der Waals surface area contributed by atoms with Gasteiger partial charge in [-0.05, 0) is 42.5 Å². The first-order chi connectivity index (χ1) is 11.8. The largest absolute Gasteiger partial charge is 0.495 e. The number of rotatable bonds is 3. The van der Waals surface area contributed by atoms with Gasteiger partial charge in [-0.2, -0.15) is 0 Å². The highest BCUT2D eigenvalue weighted by molar-refractivity contribution is 5.58. The van der Waals surface area contributed by atoms with E-state index >= 15 is 0 Å². The summed E-state index contributed by atoms with van der Waals surface area (Å²) < 4.78 is 5.53. The van der Waals surface area contributed by atoms with E-state index in [0.717, 1.165) is 31.9 Å². The molecular formula is C21H26N2O. The standard InChI is InChI=1S/C21H26N2O/c1-24-21-9-5-4-8-20(21)23-14-12-22(13-15-23)19-11-10-17-6-2-3-7-18(17)16-19/h2-9,19H,10-16H2,1H3. The molecule has 3 heteroatoms. The van der Waals surface area contributed by atoms with Gasteiger partial charge in [0.1, 0.15) is 5.75 Å². The van der Waals surface area contributed by atoms with Gasteiger partial charge >= 0.3 is 0 Å². The van der Waals surface area contributed by atoms with Crippen molar-refractivity contribution in [1.82, 2.24) is 4.90 Å². The lowest BCUT2D eigenvalue weighted by Gasteiger charge is -2.42. The van der Waals surface area contributed by atoms with Gasteiger partial charge in [0.15, 0.2) is 0 Å². The van der Waals surface area contributed by atoms with Crippen molar-refractivity contribution >= 4 is 5.69 Å². The summed E-state index contributed by atoms with van der Waals surface area (Å²) >= 11 is 0. The highest BCUT2D eigenvalue weighted by Crippen LogP contribution is 2.30. The summed E-state index contributed by atoms with van der Waals surface area (Å²) in [5.74, 6) is 0.984. The third-order valence-corrected chi connectivity index (χ3v) is 5.58. The maximum absolute atomic E-state index is 5.53. The van der Waals surface area contributed by atoms with Gasteiger partial charge < -0.3 is 9.64 Å². The van der Waals surface area contributed by atoms with Crippen molar-refractivity contribution in [2.75, 3.05) is 38.2 Å². The van der Waals surface area contributed by atoms with Crippen LogP contribution >= 0.6 is 0 Å². The zero-order valence-corrected chi connectivity index (χ0v) is 14.4. The quantitative estimate of drug-likeness (QED) is 0.862. The predicted molar refractivity (Wildman–Crippen MR) is 99.0 cm³/mol. The van der Waals surface area contributed by atoms with Crippen LogP contribution in [0.15, 0.2) is 48.5 Å². The van der Waals surface area contributed by atoms with Crippen LogP contribution in [0.1, 0.15) is 17.5 Å². The summed E-state index contributed by atoms with van der Waals surface area (Å²) in [6.45, 7) is 4.45. The van der Waals surface area contributed by atoms with Crippen molar-refractivity contribution in [3.63, 3.8) is 0 Å². The molecule has 24 heavy (non-hydrogen) atoms. The van der Waals surface area contributed by atoms with Crippen LogP contribution in [0.25, 0.3) is 0 Å². The van der Waals surface area contributed by atoms with E-state index in [1.165, 1.54) is 24.9 Å². The number of piperazine rings is 1. The highest BCUT2D eigenvalue weighted by Gasteiger charge is 2.27. The van der Waals surface area contributed by atoms with Crippen LogP contribution in [0.5, 0.6) is 5.75 Å². The van der Waals surface area contributed by atoms with Crippen LogP contribution in [0.3, 0.4) is 0 Å². The number of hydrogen-bond acceptors (Lipinski definition) is 3. The second kappa shape index (κ2) is 6.86. The van der Waals surface area contributed by atoms with Gasteiger partial charge in [-0.3, -0.25) is 4.90 Å². The minimum absolute atomic E-state index is 0.708. The first kappa shape index (κ1) is 15.5. The Hall–Kier alpha value is -2.00. The summed E-state index contributed by atoms with van der Waals surface area (Å²) in [5, 5.41) is 0. The molecule has 0 radical (unpaired) electrons. The van der Waals surface area contributed by atoms with E-state index in [1.54, 1.807) is 18.2 Å². The summed E-state index contributed by atoms with van der Waals surface area (Å²) in [7, 11) is 1.76. The number of aryl methyl sites for hydroxylation is 1. The van der Waals surface area contributed by atoms with Crippen LogP contribution in [-0.2, 0) is 12.8 Å². The zero-order chi connectivity index (χ0) is 16.4. The summed E-state index contributed by atoms with van der Waals surface area (Å²) in [6.07, 6.45) is 3.74. The van der Waals surface area contributed by atoms with E-state index in [1.807, 2.05) is 6.07 Å². The summed E-state index contributed by atoms with van der Waals surface area (Å²) in [4.78, 5) is 5.16. The maximum atomic E-state index is 5.53. The van der Waals surface area contributed by atoms with Crippen LogP contribution in [0.4, 0.5) is 5.69 Å². The Balaban J connectivity index is 1.40. The third kappa shape index (κ3) is 3.01. The fraction of sp³-hybridized carbons (Fsp3) is 0.429. The van der Waals surface area contributed by atoms with Gasteiger partial charge in [-0.25, -0.2) is 0 Å². The van der Waals surface area contributed by atoms with Crippen molar-refractivity contribution in [3.8, 4) is 5.75 Å². The molecule has 2 aromatic carbocycles. The Bertz CT molecular complexity index is 692. The number of nitrogens with zero attached hydrogens (tertiary/aromatic N) is 2. The molecule has 0 spiro atoms. The molecule has 1 saturated heterocycles. The Morgan fingerprint density at radius 1 is 0.875 bits per heavy atom. The number of methoxy groups -OCH3 is 1. The molecule has 1 unspecified atom stereocenters. The number of para-hydroxylation sites is 2. The second-order valence-electron chi connectivity index (χ2n) is 6.86. The van der Waals surface area contributed by atoms with Gasteiger partial charge in [0.05, 0.1) is 12.8 Å². The van der Waals surface area contributed by atoms with Gasteiger partial charge in [0, 0.05) is 32.2 Å². The lowest BCUT2D eigenvalue weighted by molar-refractivity contribution is 0.169. The van der Waals surface area contributed by atoms with Crippen molar-refractivity contribution in [3.05, 3.63) is 59.7 Å². The molecule has 0 N–H and O–H groups in total. The van der Waals surface area contributed by atoms with Crippen molar-refractivity contribution in [2.24, 2.45) is 0 Å². The number of anilines is 1. The van der Waals surface area contributed by atoms with Gasteiger partial charge in [-0.15, -0.1) is 0 Å². The molecule has 1 aliphatic carbocycles. The first-order valence-corrected chi connectivity index (χ1v) is 9.04. The molecule has 2 aromatic rings. The van der Waals surface area contributed by atoms with Crippen LogP contribution in [0.2, 0.25) is 0 Å². The lowest BCUT2D eigenvalue weighted by atomic mass is 9.87. The van der Waals surface area contributed by atoms with Gasteiger partial charge in [-0.1, -0.05) is 36.4 Å². The minimum Gasteiger partial charge on any atom is -0.495 e. The Kier molecular flexibility index (Phi) is 4.44. The topological polar surface area (TPSA) is 15.7 Å².